The quantitative estimate of drug-likeness (QED) is 0.270. The fourth-order valence-corrected chi connectivity index (χ4v) is 7.21. The number of rotatable bonds is 6. The monoisotopic (exact) mass is 644 g/mol. The molecule has 0 bridgehead atoms. The Morgan fingerprint density at radius 2 is 1.93 bits per heavy atom. The fourth-order valence-electron chi connectivity index (χ4n) is 4.99. The third kappa shape index (κ3) is 5.96. The number of benzene rings is 2. The molecule has 2 aromatic carbocycles. The molecule has 3 aromatic rings. The van der Waals surface area contributed by atoms with E-state index in [-0.39, 0.29) is 39.3 Å². The molecule has 5 rings (SSSR count). The zero-order chi connectivity index (χ0) is 29.5. The minimum Gasteiger partial charge on any atom is -0.384 e. The number of nitriles is 1. The highest BCUT2D eigenvalue weighted by atomic mass is 35.5. The van der Waals surface area contributed by atoms with Crippen LogP contribution in [0.3, 0.4) is 0 Å². The van der Waals surface area contributed by atoms with E-state index in [1.165, 1.54) is 23.1 Å². The van der Waals surface area contributed by atoms with Gasteiger partial charge in [0.2, 0.25) is 11.0 Å². The van der Waals surface area contributed by atoms with Crippen LogP contribution < -0.4 is 16.0 Å². The average molecular weight is 646 g/mol. The van der Waals surface area contributed by atoms with Gasteiger partial charge in [-0.25, -0.2) is 0 Å². The van der Waals surface area contributed by atoms with Crippen LogP contribution in [0.1, 0.15) is 38.2 Å². The number of anilines is 2. The number of nitrogens with one attached hydrogen (secondary N) is 1. The van der Waals surface area contributed by atoms with Gasteiger partial charge in [-0.15, -0.1) is 10.2 Å². The van der Waals surface area contributed by atoms with Crippen molar-refractivity contribution in [1.29, 1.82) is 5.26 Å². The van der Waals surface area contributed by atoms with E-state index in [0.717, 1.165) is 0 Å². The minimum atomic E-state index is -0.764. The number of Topliss-reactive ketones (excluding diaryl/α,β-unsaturated/α-hetero) is 1. The van der Waals surface area contributed by atoms with Gasteiger partial charge >= 0.3 is 0 Å². The van der Waals surface area contributed by atoms with E-state index in [4.69, 9.17) is 40.5 Å². The summed E-state index contributed by atoms with van der Waals surface area (Å²) in [5.41, 5.74) is 8.76. The number of hydrogen-bond donors (Lipinski definition) is 2. The van der Waals surface area contributed by atoms with Crippen LogP contribution in [-0.2, 0) is 9.59 Å². The van der Waals surface area contributed by atoms with Gasteiger partial charge in [0, 0.05) is 28.4 Å². The number of aromatic nitrogens is 2. The minimum absolute atomic E-state index is 0.0967. The van der Waals surface area contributed by atoms with Gasteiger partial charge in [-0.3, -0.25) is 14.5 Å². The second-order valence-corrected chi connectivity index (χ2v) is 13.7. The number of carbonyl (C=O) groups excluding carboxylic acids is 2. The van der Waals surface area contributed by atoms with Crippen molar-refractivity contribution in [3.05, 3.63) is 85.8 Å². The molecule has 1 aromatic heterocycles. The molecule has 1 aliphatic carbocycles. The van der Waals surface area contributed by atoms with Crippen LogP contribution in [-0.4, -0.2) is 27.6 Å². The lowest BCUT2D eigenvalue weighted by Gasteiger charge is -2.42. The van der Waals surface area contributed by atoms with E-state index in [9.17, 15) is 14.9 Å². The molecule has 2 heterocycles. The summed E-state index contributed by atoms with van der Waals surface area (Å²) in [6.07, 6.45) is 0.806. The normalized spacial score (nSPS) is 18.3. The highest BCUT2D eigenvalue weighted by molar-refractivity contribution is 8.01. The number of thioether (sulfide) groups is 1. The van der Waals surface area contributed by atoms with E-state index in [2.05, 4.69) is 21.6 Å². The van der Waals surface area contributed by atoms with Gasteiger partial charge in [0.1, 0.15) is 5.82 Å². The summed E-state index contributed by atoms with van der Waals surface area (Å²) in [6.45, 7) is 4.02. The summed E-state index contributed by atoms with van der Waals surface area (Å²) in [7, 11) is 0. The van der Waals surface area contributed by atoms with Gasteiger partial charge in [0.05, 0.1) is 33.4 Å². The van der Waals surface area contributed by atoms with Crippen molar-refractivity contribution in [1.82, 2.24) is 10.2 Å². The Hall–Kier alpha value is -3.07. The van der Waals surface area contributed by atoms with Crippen LogP contribution in [0.4, 0.5) is 10.8 Å². The maximum absolute atomic E-state index is 13.7. The Labute approximate surface area is 260 Å². The number of amides is 1. The Bertz CT molecular complexity index is 1660. The molecule has 8 nitrogen and oxygen atoms in total. The molecule has 1 amide bonds. The van der Waals surface area contributed by atoms with E-state index < -0.39 is 5.92 Å². The zero-order valence-electron chi connectivity index (χ0n) is 21.9. The van der Waals surface area contributed by atoms with Crippen molar-refractivity contribution in [3.63, 3.8) is 0 Å². The SMILES string of the molecule is CC1(C)CC(=O)C2=C(C1)N(c1nnc(SCC(=O)Nc3ccc(Cl)cc3)s1)C(N)=C(C#N)C2c1cccc(Cl)c1Cl. The van der Waals surface area contributed by atoms with Crippen molar-refractivity contribution >= 4 is 80.4 Å². The molecular weight excluding hydrogens is 623 g/mol. The first-order chi connectivity index (χ1) is 19.5. The highest BCUT2D eigenvalue weighted by Crippen LogP contribution is 2.52. The predicted octanol–water partition coefficient (Wildman–Crippen LogP) is 7.17. The Morgan fingerprint density at radius 3 is 2.63 bits per heavy atom. The van der Waals surface area contributed by atoms with Crippen LogP contribution in [0.25, 0.3) is 0 Å². The highest BCUT2D eigenvalue weighted by Gasteiger charge is 2.46. The van der Waals surface area contributed by atoms with Crippen molar-refractivity contribution in [2.45, 2.75) is 36.9 Å². The molecule has 3 N–H and O–H groups in total. The summed E-state index contributed by atoms with van der Waals surface area (Å²) in [4.78, 5) is 27.8. The van der Waals surface area contributed by atoms with E-state index in [1.807, 2.05) is 13.8 Å². The van der Waals surface area contributed by atoms with Crippen molar-refractivity contribution < 1.29 is 9.59 Å². The summed E-state index contributed by atoms with van der Waals surface area (Å²) in [6, 6.07) is 14.2. The van der Waals surface area contributed by atoms with Crippen LogP contribution >= 0.6 is 57.9 Å². The van der Waals surface area contributed by atoms with Crippen LogP contribution in [0, 0.1) is 16.7 Å². The molecular formula is C28H23Cl3N6O2S2. The zero-order valence-corrected chi connectivity index (χ0v) is 25.8. The number of nitrogens with zero attached hydrogens (tertiary/aromatic N) is 4. The van der Waals surface area contributed by atoms with Crippen LogP contribution in [0.2, 0.25) is 15.1 Å². The number of halogens is 3. The Balaban J connectivity index is 1.48. The van der Waals surface area contributed by atoms with E-state index in [1.54, 1.807) is 47.4 Å². The first-order valence-electron chi connectivity index (χ1n) is 12.4. The maximum atomic E-state index is 13.7. The summed E-state index contributed by atoms with van der Waals surface area (Å²) < 4.78 is 0.529. The number of ketones is 1. The molecule has 1 unspecified atom stereocenters. The molecule has 1 aliphatic heterocycles. The maximum Gasteiger partial charge on any atom is 0.234 e. The van der Waals surface area contributed by atoms with Crippen LogP contribution in [0.15, 0.2) is 69.5 Å². The van der Waals surface area contributed by atoms with Gasteiger partial charge < -0.3 is 11.1 Å². The molecule has 13 heteroatoms. The van der Waals surface area contributed by atoms with Crippen LogP contribution in [0.5, 0.6) is 0 Å². The third-order valence-corrected chi connectivity index (χ3v) is 9.84. The summed E-state index contributed by atoms with van der Waals surface area (Å²) in [5, 5.41) is 23.2. The first-order valence-corrected chi connectivity index (χ1v) is 15.3. The lowest BCUT2D eigenvalue weighted by molar-refractivity contribution is -0.118. The predicted molar refractivity (Wildman–Crippen MR) is 164 cm³/mol. The Kier molecular flexibility index (Phi) is 8.37. The Morgan fingerprint density at radius 1 is 1.20 bits per heavy atom. The molecule has 0 saturated heterocycles. The van der Waals surface area contributed by atoms with Crippen molar-refractivity contribution in [3.8, 4) is 6.07 Å². The number of carbonyl (C=O) groups is 2. The molecule has 0 spiro atoms. The standard InChI is InChI=1S/C28H23Cl3N6O2S2/c1-28(2)10-19-23(20(38)11-28)22(16-4-3-5-18(30)24(16)31)17(12-32)25(33)37(19)26-35-36-27(41-26)40-13-21(39)34-15-8-6-14(29)7-9-15/h3-9,22H,10-11,13,33H2,1-2H3,(H,34,39). The molecule has 0 radical (unpaired) electrons. The smallest absolute Gasteiger partial charge is 0.234 e. The topological polar surface area (TPSA) is 125 Å². The largest absolute Gasteiger partial charge is 0.384 e. The van der Waals surface area contributed by atoms with Crippen molar-refractivity contribution in [2.75, 3.05) is 16.0 Å². The molecule has 1 atom stereocenters. The summed E-state index contributed by atoms with van der Waals surface area (Å²) in [5.74, 6) is -0.837. The molecule has 210 valence electrons. The number of nitrogens with two attached hydrogens (primary N) is 1. The summed E-state index contributed by atoms with van der Waals surface area (Å²) >= 11 is 21.3. The second kappa shape index (κ2) is 11.7. The van der Waals surface area contributed by atoms with Gasteiger partial charge in [-0.2, -0.15) is 5.26 Å². The van der Waals surface area contributed by atoms with Gasteiger partial charge in [0.25, 0.3) is 0 Å². The fraction of sp³-hybridized carbons (Fsp3) is 0.250. The van der Waals surface area contributed by atoms with Crippen molar-refractivity contribution in [2.24, 2.45) is 11.1 Å². The molecule has 0 saturated carbocycles. The lowest BCUT2D eigenvalue weighted by atomic mass is 9.68. The van der Waals surface area contributed by atoms with Gasteiger partial charge in [-0.1, -0.05) is 83.9 Å². The third-order valence-electron chi connectivity index (χ3n) is 6.72. The number of allylic oxidation sites excluding steroid dienone is 3. The van der Waals surface area contributed by atoms with Gasteiger partial charge in [0.15, 0.2) is 10.1 Å². The number of hydrogen-bond acceptors (Lipinski definition) is 9. The average Bonchev–Trinajstić information content (AvgIpc) is 3.37. The molecule has 0 fully saturated rings. The second-order valence-electron chi connectivity index (χ2n) is 10.3. The molecule has 41 heavy (non-hydrogen) atoms. The van der Waals surface area contributed by atoms with E-state index >= 15 is 0 Å². The molecule has 2 aliphatic rings. The lowest BCUT2D eigenvalue weighted by Crippen LogP contribution is -2.42. The first kappa shape index (κ1) is 29.4. The van der Waals surface area contributed by atoms with E-state index in [0.29, 0.717) is 54.9 Å². The van der Waals surface area contributed by atoms with Gasteiger partial charge in [-0.05, 0) is 47.7 Å².